The van der Waals surface area contributed by atoms with Crippen molar-refractivity contribution < 1.29 is 0 Å². The van der Waals surface area contributed by atoms with Crippen LogP contribution in [0.1, 0.15) is 55.7 Å². The number of aryl methyl sites for hydroxylation is 2. The third kappa shape index (κ3) is 2.42. The van der Waals surface area contributed by atoms with Crippen LogP contribution in [-0.2, 0) is 19.4 Å². The number of hydrogen-bond donors (Lipinski definition) is 1. The lowest BCUT2D eigenvalue weighted by molar-refractivity contribution is 0.309. The molecule has 0 unspecified atom stereocenters. The number of fused-ring (bicyclic) bond motifs is 3. The van der Waals surface area contributed by atoms with E-state index < -0.39 is 0 Å². The topological polar surface area (TPSA) is 51.9 Å². The SMILES string of the molecule is CNCCCn1ncc2c3c(c(=O)n(C4CCC4)c21)CCCC3. The van der Waals surface area contributed by atoms with Gasteiger partial charge in [0.1, 0.15) is 5.65 Å². The van der Waals surface area contributed by atoms with Crippen molar-refractivity contribution >= 4 is 11.0 Å². The fourth-order valence-corrected chi connectivity index (χ4v) is 4.08. The first-order valence-electron chi connectivity index (χ1n) is 9.07. The van der Waals surface area contributed by atoms with Crippen molar-refractivity contribution in [3.05, 3.63) is 27.7 Å². The second kappa shape index (κ2) is 6.11. The Bertz CT molecular complexity index is 769. The molecule has 2 aliphatic rings. The fraction of sp³-hybridized carbons (Fsp3) is 0.667. The molecule has 1 saturated carbocycles. The summed E-state index contributed by atoms with van der Waals surface area (Å²) in [5, 5.41) is 9.07. The van der Waals surface area contributed by atoms with Crippen LogP contribution in [0.25, 0.3) is 11.0 Å². The minimum absolute atomic E-state index is 0.271. The van der Waals surface area contributed by atoms with Crippen molar-refractivity contribution in [3.63, 3.8) is 0 Å². The highest BCUT2D eigenvalue weighted by Gasteiger charge is 2.28. The highest BCUT2D eigenvalue weighted by Crippen LogP contribution is 2.35. The first-order chi connectivity index (χ1) is 11.3. The number of pyridine rings is 1. The van der Waals surface area contributed by atoms with Crippen molar-refractivity contribution in [2.75, 3.05) is 13.6 Å². The van der Waals surface area contributed by atoms with E-state index in [0.29, 0.717) is 6.04 Å². The average molecular weight is 314 g/mol. The molecule has 0 radical (unpaired) electrons. The summed E-state index contributed by atoms with van der Waals surface area (Å²) in [5.74, 6) is 0. The molecule has 1 fully saturated rings. The molecule has 2 heterocycles. The average Bonchev–Trinajstić information content (AvgIpc) is 2.94. The van der Waals surface area contributed by atoms with E-state index in [2.05, 4.69) is 19.7 Å². The zero-order chi connectivity index (χ0) is 15.8. The maximum absolute atomic E-state index is 13.2. The first kappa shape index (κ1) is 14.9. The second-order valence-corrected chi connectivity index (χ2v) is 6.99. The van der Waals surface area contributed by atoms with Crippen molar-refractivity contribution in [1.29, 1.82) is 0 Å². The van der Waals surface area contributed by atoms with Crippen LogP contribution in [0, 0.1) is 0 Å². The molecular weight excluding hydrogens is 288 g/mol. The smallest absolute Gasteiger partial charge is 0.255 e. The number of nitrogens with one attached hydrogen (secondary N) is 1. The Kier molecular flexibility index (Phi) is 3.97. The van der Waals surface area contributed by atoms with E-state index in [-0.39, 0.29) is 5.56 Å². The van der Waals surface area contributed by atoms with Crippen LogP contribution in [0.2, 0.25) is 0 Å². The summed E-state index contributed by atoms with van der Waals surface area (Å²) in [4.78, 5) is 13.2. The Hall–Kier alpha value is -1.62. The Morgan fingerprint density at radius 3 is 2.70 bits per heavy atom. The van der Waals surface area contributed by atoms with Gasteiger partial charge in [-0.05, 0) is 70.5 Å². The van der Waals surface area contributed by atoms with Gasteiger partial charge < -0.3 is 5.32 Å². The van der Waals surface area contributed by atoms with Crippen LogP contribution in [0.4, 0.5) is 0 Å². The summed E-state index contributed by atoms with van der Waals surface area (Å²) >= 11 is 0. The van der Waals surface area contributed by atoms with Crippen molar-refractivity contribution in [2.24, 2.45) is 0 Å². The van der Waals surface area contributed by atoms with Crippen LogP contribution < -0.4 is 10.9 Å². The predicted molar refractivity (Wildman–Crippen MR) is 92.1 cm³/mol. The molecule has 4 rings (SSSR count). The van der Waals surface area contributed by atoms with Crippen LogP contribution in [0.5, 0.6) is 0 Å². The minimum atomic E-state index is 0.271. The molecule has 0 atom stereocenters. The van der Waals surface area contributed by atoms with Gasteiger partial charge in [0.2, 0.25) is 0 Å². The van der Waals surface area contributed by atoms with E-state index in [4.69, 9.17) is 0 Å². The third-order valence-electron chi connectivity index (χ3n) is 5.55. The molecule has 5 heteroatoms. The molecular formula is C18H26N4O. The van der Waals surface area contributed by atoms with Crippen molar-refractivity contribution in [2.45, 2.75) is 64.0 Å². The quantitative estimate of drug-likeness (QED) is 0.862. The van der Waals surface area contributed by atoms with E-state index in [1.54, 1.807) is 0 Å². The lowest BCUT2D eigenvalue weighted by Gasteiger charge is -2.30. The summed E-state index contributed by atoms with van der Waals surface area (Å²) in [6.07, 6.45) is 10.9. The minimum Gasteiger partial charge on any atom is -0.320 e. The third-order valence-corrected chi connectivity index (χ3v) is 5.55. The number of aromatic nitrogens is 3. The van der Waals surface area contributed by atoms with Gasteiger partial charge in [0.25, 0.3) is 5.56 Å². The molecule has 0 saturated heterocycles. The Morgan fingerprint density at radius 1 is 1.22 bits per heavy atom. The van der Waals surface area contributed by atoms with Gasteiger partial charge >= 0.3 is 0 Å². The van der Waals surface area contributed by atoms with Gasteiger partial charge in [-0.2, -0.15) is 5.10 Å². The Balaban J connectivity index is 1.89. The number of hydrogen-bond acceptors (Lipinski definition) is 3. The van der Waals surface area contributed by atoms with E-state index in [1.165, 1.54) is 23.8 Å². The largest absolute Gasteiger partial charge is 0.320 e. The molecule has 23 heavy (non-hydrogen) atoms. The van der Waals surface area contributed by atoms with Crippen LogP contribution in [0.3, 0.4) is 0 Å². The molecule has 2 aromatic rings. The Labute approximate surface area is 136 Å². The lowest BCUT2D eigenvalue weighted by atomic mass is 9.88. The monoisotopic (exact) mass is 314 g/mol. The molecule has 0 aromatic carbocycles. The van der Waals surface area contributed by atoms with Gasteiger partial charge in [-0.3, -0.25) is 9.36 Å². The fourth-order valence-electron chi connectivity index (χ4n) is 4.08. The summed E-state index contributed by atoms with van der Waals surface area (Å²) in [5.41, 5.74) is 3.71. The highest BCUT2D eigenvalue weighted by atomic mass is 16.1. The second-order valence-electron chi connectivity index (χ2n) is 6.99. The number of rotatable bonds is 5. The molecule has 124 valence electrons. The van der Waals surface area contributed by atoms with Gasteiger partial charge in [0.05, 0.1) is 6.20 Å². The van der Waals surface area contributed by atoms with Crippen molar-refractivity contribution in [1.82, 2.24) is 19.7 Å². The summed E-state index contributed by atoms with van der Waals surface area (Å²) in [6.45, 7) is 1.84. The maximum Gasteiger partial charge on any atom is 0.255 e. The molecule has 0 amide bonds. The van der Waals surface area contributed by atoms with E-state index >= 15 is 0 Å². The molecule has 2 aliphatic carbocycles. The molecule has 0 aliphatic heterocycles. The lowest BCUT2D eigenvalue weighted by Crippen LogP contribution is -2.34. The predicted octanol–water partition coefficient (Wildman–Crippen LogP) is 2.41. The standard InChI is InChI=1S/C18H26N4O/c1-19-10-5-11-21-17-16(12-20-21)14-8-2-3-9-15(14)18(23)22(17)13-6-4-7-13/h12-13,19H,2-11H2,1H3. The number of nitrogens with zero attached hydrogens (tertiary/aromatic N) is 3. The summed E-state index contributed by atoms with van der Waals surface area (Å²) in [7, 11) is 1.97. The molecule has 5 nitrogen and oxygen atoms in total. The normalized spacial score (nSPS) is 18.1. The van der Waals surface area contributed by atoms with E-state index in [0.717, 1.165) is 62.8 Å². The molecule has 2 aromatic heterocycles. The van der Waals surface area contributed by atoms with Gasteiger partial charge in [0.15, 0.2) is 0 Å². The van der Waals surface area contributed by atoms with E-state index in [9.17, 15) is 4.79 Å². The summed E-state index contributed by atoms with van der Waals surface area (Å²) < 4.78 is 4.16. The molecule has 0 spiro atoms. The summed E-state index contributed by atoms with van der Waals surface area (Å²) in [6, 6.07) is 0.386. The molecule has 1 N–H and O–H groups in total. The zero-order valence-electron chi connectivity index (χ0n) is 14.0. The van der Waals surface area contributed by atoms with Crippen LogP contribution >= 0.6 is 0 Å². The van der Waals surface area contributed by atoms with Gasteiger partial charge in [-0.15, -0.1) is 0 Å². The van der Waals surface area contributed by atoms with E-state index in [1.807, 2.05) is 13.2 Å². The van der Waals surface area contributed by atoms with Gasteiger partial charge in [-0.25, -0.2) is 4.68 Å². The van der Waals surface area contributed by atoms with Crippen LogP contribution in [-0.4, -0.2) is 27.9 Å². The van der Waals surface area contributed by atoms with Crippen LogP contribution in [0.15, 0.2) is 11.0 Å². The highest BCUT2D eigenvalue weighted by molar-refractivity contribution is 5.81. The van der Waals surface area contributed by atoms with Gasteiger partial charge in [0, 0.05) is 23.5 Å². The Morgan fingerprint density at radius 2 is 2.00 bits per heavy atom. The van der Waals surface area contributed by atoms with Crippen molar-refractivity contribution in [3.8, 4) is 0 Å². The zero-order valence-corrected chi connectivity index (χ0v) is 14.0. The first-order valence-corrected chi connectivity index (χ1v) is 9.07. The van der Waals surface area contributed by atoms with Gasteiger partial charge in [-0.1, -0.05) is 0 Å². The maximum atomic E-state index is 13.2. The molecule has 0 bridgehead atoms.